The first kappa shape index (κ1) is 17.1. The van der Waals surface area contributed by atoms with Gasteiger partial charge in [0.15, 0.2) is 0 Å². The number of aryl methyl sites for hydroxylation is 1. The zero-order valence-corrected chi connectivity index (χ0v) is 13.9. The molecule has 2 rings (SSSR count). The van der Waals surface area contributed by atoms with Gasteiger partial charge < -0.3 is 10.2 Å². The fraction of sp³-hybridized carbons (Fsp3) is 0.350. The number of aromatic hydroxyl groups is 1. The van der Waals surface area contributed by atoms with Crippen molar-refractivity contribution in [3.05, 3.63) is 65.2 Å². The van der Waals surface area contributed by atoms with Crippen molar-refractivity contribution in [2.45, 2.75) is 44.9 Å². The average Bonchev–Trinajstić information content (AvgIpc) is 2.49. The van der Waals surface area contributed by atoms with Crippen molar-refractivity contribution < 1.29 is 15.0 Å². The van der Waals surface area contributed by atoms with Crippen LogP contribution >= 0.6 is 0 Å². The van der Waals surface area contributed by atoms with Gasteiger partial charge in [0, 0.05) is 6.42 Å². The van der Waals surface area contributed by atoms with Gasteiger partial charge in [0.1, 0.15) is 5.75 Å². The van der Waals surface area contributed by atoms with E-state index in [1.165, 1.54) is 11.1 Å². The third kappa shape index (κ3) is 3.92. The molecule has 0 aliphatic rings. The second-order valence-electron chi connectivity index (χ2n) is 6.61. The summed E-state index contributed by atoms with van der Waals surface area (Å²) in [5.41, 5.74) is 3.21. The molecule has 0 aromatic heterocycles. The number of hydrogen-bond donors (Lipinski definition) is 2. The van der Waals surface area contributed by atoms with Crippen molar-refractivity contribution >= 4 is 5.97 Å². The van der Waals surface area contributed by atoms with E-state index in [1.54, 1.807) is 12.1 Å². The first-order valence-corrected chi connectivity index (χ1v) is 7.89. The molecule has 0 aliphatic carbocycles. The highest BCUT2D eigenvalue weighted by atomic mass is 16.4. The summed E-state index contributed by atoms with van der Waals surface area (Å²) >= 11 is 0. The molecule has 3 nitrogen and oxygen atoms in total. The highest BCUT2D eigenvalue weighted by molar-refractivity contribution is 5.66. The molecule has 2 aromatic rings. The van der Waals surface area contributed by atoms with Crippen LogP contribution in [0.1, 0.15) is 49.3 Å². The van der Waals surface area contributed by atoms with Gasteiger partial charge in [0.2, 0.25) is 0 Å². The minimum Gasteiger partial charge on any atom is -0.508 e. The predicted molar refractivity (Wildman–Crippen MR) is 91.9 cm³/mol. The zero-order valence-electron chi connectivity index (χ0n) is 13.9. The number of phenols is 1. The molecule has 0 saturated carbocycles. The van der Waals surface area contributed by atoms with Crippen LogP contribution in [0.2, 0.25) is 0 Å². The van der Waals surface area contributed by atoms with Gasteiger partial charge in [0.25, 0.3) is 0 Å². The molecule has 0 spiro atoms. The summed E-state index contributed by atoms with van der Waals surface area (Å²) < 4.78 is 0. The molecule has 2 N–H and O–H groups in total. The Bertz CT molecular complexity index is 672. The van der Waals surface area contributed by atoms with Gasteiger partial charge in [-0.2, -0.15) is 0 Å². The van der Waals surface area contributed by atoms with Crippen LogP contribution in [0.5, 0.6) is 5.75 Å². The summed E-state index contributed by atoms with van der Waals surface area (Å²) in [5, 5.41) is 18.6. The lowest BCUT2D eigenvalue weighted by Gasteiger charge is -2.36. The SMILES string of the molecule is Cc1ccccc1C(CCC(=O)O)C(C)(C)c1ccc(O)cc1. The molecule has 23 heavy (non-hydrogen) atoms. The monoisotopic (exact) mass is 312 g/mol. The van der Waals surface area contributed by atoms with E-state index in [4.69, 9.17) is 5.11 Å². The van der Waals surface area contributed by atoms with Gasteiger partial charge in [-0.15, -0.1) is 0 Å². The van der Waals surface area contributed by atoms with Crippen LogP contribution in [0.3, 0.4) is 0 Å². The minimum atomic E-state index is -0.773. The number of hydrogen-bond acceptors (Lipinski definition) is 2. The Morgan fingerprint density at radius 2 is 1.70 bits per heavy atom. The van der Waals surface area contributed by atoms with E-state index in [0.29, 0.717) is 6.42 Å². The summed E-state index contributed by atoms with van der Waals surface area (Å²) in [6.07, 6.45) is 0.717. The Labute approximate surface area is 137 Å². The Hall–Kier alpha value is -2.29. The summed E-state index contributed by atoms with van der Waals surface area (Å²) in [6, 6.07) is 15.4. The van der Waals surface area contributed by atoms with Crippen molar-refractivity contribution in [3.63, 3.8) is 0 Å². The highest BCUT2D eigenvalue weighted by Crippen LogP contribution is 2.43. The fourth-order valence-corrected chi connectivity index (χ4v) is 3.24. The van der Waals surface area contributed by atoms with E-state index >= 15 is 0 Å². The Kier molecular flexibility index (Phi) is 5.09. The summed E-state index contributed by atoms with van der Waals surface area (Å²) in [4.78, 5) is 11.1. The number of aliphatic carboxylic acids is 1. The molecule has 122 valence electrons. The van der Waals surface area contributed by atoms with Crippen LogP contribution in [0.25, 0.3) is 0 Å². The summed E-state index contributed by atoms with van der Waals surface area (Å²) in [5.74, 6) is -0.447. The van der Waals surface area contributed by atoms with E-state index < -0.39 is 5.97 Å². The molecule has 2 aromatic carbocycles. The van der Waals surface area contributed by atoms with Crippen LogP contribution in [-0.2, 0) is 10.2 Å². The van der Waals surface area contributed by atoms with E-state index in [2.05, 4.69) is 32.9 Å². The maximum absolute atomic E-state index is 11.1. The predicted octanol–water partition coefficient (Wildman–Crippen LogP) is 4.63. The maximum Gasteiger partial charge on any atom is 0.303 e. The van der Waals surface area contributed by atoms with Crippen molar-refractivity contribution in [2.24, 2.45) is 0 Å². The average molecular weight is 312 g/mol. The standard InChI is InChI=1S/C20H24O3/c1-14-6-4-5-7-17(14)18(12-13-19(22)23)20(2,3)15-8-10-16(21)11-9-15/h4-11,18,21H,12-13H2,1-3H3,(H,22,23). The highest BCUT2D eigenvalue weighted by Gasteiger charge is 2.33. The molecule has 0 bridgehead atoms. The Morgan fingerprint density at radius 3 is 2.26 bits per heavy atom. The maximum atomic E-state index is 11.1. The molecule has 3 heteroatoms. The number of rotatable bonds is 6. The quantitative estimate of drug-likeness (QED) is 0.818. The lowest BCUT2D eigenvalue weighted by Crippen LogP contribution is -2.28. The van der Waals surface area contributed by atoms with E-state index in [1.807, 2.05) is 24.3 Å². The lowest BCUT2D eigenvalue weighted by molar-refractivity contribution is -0.137. The molecule has 0 saturated heterocycles. The molecule has 1 atom stereocenters. The van der Waals surface area contributed by atoms with Crippen LogP contribution in [0, 0.1) is 6.92 Å². The van der Waals surface area contributed by atoms with Crippen molar-refractivity contribution in [1.29, 1.82) is 0 Å². The topological polar surface area (TPSA) is 57.5 Å². The van der Waals surface area contributed by atoms with Gasteiger partial charge >= 0.3 is 5.97 Å². The third-order valence-corrected chi connectivity index (χ3v) is 4.69. The number of phenolic OH excluding ortho intramolecular Hbond substituents is 1. The normalized spacial score (nSPS) is 12.8. The summed E-state index contributed by atoms with van der Waals surface area (Å²) in [6.45, 7) is 6.34. The van der Waals surface area contributed by atoms with Gasteiger partial charge in [-0.05, 0) is 53.5 Å². The van der Waals surface area contributed by atoms with Gasteiger partial charge in [-0.25, -0.2) is 0 Å². The molecule has 0 amide bonds. The Balaban J connectivity index is 2.45. The number of carbonyl (C=O) groups is 1. The number of carboxylic acid groups (broad SMARTS) is 1. The Morgan fingerprint density at radius 1 is 1.09 bits per heavy atom. The fourth-order valence-electron chi connectivity index (χ4n) is 3.24. The summed E-state index contributed by atoms with van der Waals surface area (Å²) in [7, 11) is 0. The second kappa shape index (κ2) is 6.86. The second-order valence-corrected chi connectivity index (χ2v) is 6.61. The van der Waals surface area contributed by atoms with Crippen LogP contribution in [-0.4, -0.2) is 16.2 Å². The first-order valence-electron chi connectivity index (χ1n) is 7.89. The molecule has 0 radical (unpaired) electrons. The van der Waals surface area contributed by atoms with Crippen LogP contribution in [0.4, 0.5) is 0 Å². The third-order valence-electron chi connectivity index (χ3n) is 4.69. The minimum absolute atomic E-state index is 0.0874. The van der Waals surface area contributed by atoms with E-state index in [0.717, 1.165) is 5.56 Å². The molecular formula is C20H24O3. The zero-order chi connectivity index (χ0) is 17.0. The molecule has 1 unspecified atom stereocenters. The first-order chi connectivity index (χ1) is 10.8. The largest absolute Gasteiger partial charge is 0.508 e. The van der Waals surface area contributed by atoms with E-state index in [9.17, 15) is 9.90 Å². The van der Waals surface area contributed by atoms with Crippen LogP contribution in [0.15, 0.2) is 48.5 Å². The van der Waals surface area contributed by atoms with Crippen molar-refractivity contribution in [1.82, 2.24) is 0 Å². The van der Waals surface area contributed by atoms with Gasteiger partial charge in [-0.3, -0.25) is 4.79 Å². The van der Waals surface area contributed by atoms with E-state index in [-0.39, 0.29) is 23.5 Å². The van der Waals surface area contributed by atoms with Gasteiger partial charge in [-0.1, -0.05) is 50.2 Å². The van der Waals surface area contributed by atoms with Gasteiger partial charge in [0.05, 0.1) is 0 Å². The van der Waals surface area contributed by atoms with Crippen LogP contribution < -0.4 is 0 Å². The molecule has 0 heterocycles. The molecule has 0 fully saturated rings. The van der Waals surface area contributed by atoms with Crippen molar-refractivity contribution in [2.75, 3.05) is 0 Å². The number of carboxylic acids is 1. The molecular weight excluding hydrogens is 288 g/mol. The molecule has 0 aliphatic heterocycles. The van der Waals surface area contributed by atoms with Crippen molar-refractivity contribution in [3.8, 4) is 5.75 Å². The number of benzene rings is 2. The smallest absolute Gasteiger partial charge is 0.303 e. The lowest BCUT2D eigenvalue weighted by atomic mass is 9.68.